The molecule has 0 unspecified atom stereocenters. The van der Waals surface area contributed by atoms with E-state index in [1.54, 1.807) is 18.2 Å². The molecule has 2 aromatic rings. The summed E-state index contributed by atoms with van der Waals surface area (Å²) in [5.41, 5.74) is -0.132. The number of aromatic nitrogens is 1. The first-order chi connectivity index (χ1) is 25.5. The molecular formula is C40H53N3O9S. The fourth-order valence-corrected chi connectivity index (χ4v) is 10.2. The van der Waals surface area contributed by atoms with E-state index in [9.17, 15) is 27.6 Å². The quantitative estimate of drug-likeness (QED) is 0.400. The summed E-state index contributed by atoms with van der Waals surface area (Å²) in [6, 6.07) is 5.00. The second-order valence-electron chi connectivity index (χ2n) is 16.3. The van der Waals surface area contributed by atoms with Crippen molar-refractivity contribution in [2.45, 2.75) is 127 Å². The lowest BCUT2D eigenvalue weighted by molar-refractivity contribution is -0.151. The van der Waals surface area contributed by atoms with Crippen LogP contribution >= 0.6 is 0 Å². The third kappa shape index (κ3) is 8.34. The lowest BCUT2D eigenvalue weighted by Crippen LogP contribution is -2.46. The highest BCUT2D eigenvalue weighted by molar-refractivity contribution is 7.90. The van der Waals surface area contributed by atoms with Gasteiger partial charge in [0.1, 0.15) is 11.9 Å². The summed E-state index contributed by atoms with van der Waals surface area (Å²) >= 11 is 0. The number of carbonyl (C=O) groups excluding carboxylic acids is 4. The second-order valence-corrected chi connectivity index (χ2v) is 18.2. The van der Waals surface area contributed by atoms with E-state index in [0.717, 1.165) is 79.9 Å². The highest BCUT2D eigenvalue weighted by Crippen LogP contribution is 2.59. The van der Waals surface area contributed by atoms with E-state index in [0.29, 0.717) is 31.6 Å². The van der Waals surface area contributed by atoms with Crippen LogP contribution in [-0.4, -0.2) is 79.5 Å². The van der Waals surface area contributed by atoms with Crippen molar-refractivity contribution in [2.24, 2.45) is 23.2 Å². The van der Waals surface area contributed by atoms with Crippen LogP contribution in [0.15, 0.2) is 24.4 Å². The number of nitrogens with zero attached hydrogens (tertiary/aromatic N) is 2. The Balaban J connectivity index is 1.23. The average molecular weight is 752 g/mol. The maximum atomic E-state index is 14.6. The zero-order valence-corrected chi connectivity index (χ0v) is 31.8. The predicted octanol–water partition coefficient (Wildman–Crippen LogP) is 5.43. The van der Waals surface area contributed by atoms with E-state index in [2.05, 4.69) is 9.71 Å². The Kier molecular flexibility index (Phi) is 11.0. The number of aryl methyl sites for hydroxylation is 1. The van der Waals surface area contributed by atoms with Crippen molar-refractivity contribution >= 4 is 44.4 Å². The molecule has 288 valence electrons. The van der Waals surface area contributed by atoms with Crippen molar-refractivity contribution in [3.05, 3.63) is 30.0 Å². The Bertz CT molecular complexity index is 1850. The van der Waals surface area contributed by atoms with E-state index in [-0.39, 0.29) is 55.9 Å². The molecule has 6 atom stereocenters. The zero-order valence-electron chi connectivity index (χ0n) is 31.0. The molecule has 1 N–H and O–H groups in total. The van der Waals surface area contributed by atoms with Crippen LogP contribution in [-0.2, 0) is 40.4 Å². The van der Waals surface area contributed by atoms with Crippen LogP contribution in [0.3, 0.4) is 0 Å². The number of ether oxygens (including phenoxy) is 3. The van der Waals surface area contributed by atoms with Crippen molar-refractivity contribution in [2.75, 3.05) is 20.3 Å². The molecule has 5 bridgehead atoms. The van der Waals surface area contributed by atoms with Gasteiger partial charge in [-0.3, -0.25) is 23.9 Å². The van der Waals surface area contributed by atoms with Gasteiger partial charge in [-0.25, -0.2) is 13.4 Å². The molecule has 2 saturated heterocycles. The number of carbonyl (C=O) groups is 4. The lowest BCUT2D eigenvalue weighted by Gasteiger charge is -2.29. The average Bonchev–Trinajstić information content (AvgIpc) is 4.06. The van der Waals surface area contributed by atoms with Gasteiger partial charge in [0, 0.05) is 30.3 Å². The number of hydrogen-bond donors (Lipinski definition) is 1. The molecule has 0 radical (unpaired) electrons. The smallest absolute Gasteiger partial charge is 0.306 e. The van der Waals surface area contributed by atoms with Crippen molar-refractivity contribution in [1.29, 1.82) is 0 Å². The predicted molar refractivity (Wildman–Crippen MR) is 197 cm³/mol. The number of methoxy groups -OCH3 is 1. The number of cyclic esters (lactones) is 1. The van der Waals surface area contributed by atoms with E-state index >= 15 is 0 Å². The van der Waals surface area contributed by atoms with E-state index in [1.165, 1.54) is 0 Å². The number of sulfonamides is 1. The van der Waals surface area contributed by atoms with Crippen LogP contribution in [0.1, 0.15) is 109 Å². The highest BCUT2D eigenvalue weighted by atomic mass is 32.2. The van der Waals surface area contributed by atoms with Gasteiger partial charge in [0.15, 0.2) is 5.78 Å². The number of rotatable bonds is 4. The molecule has 4 fully saturated rings. The fourth-order valence-electron chi connectivity index (χ4n) is 8.82. The zero-order chi connectivity index (χ0) is 37.3. The van der Waals surface area contributed by atoms with Gasteiger partial charge in [-0.05, 0) is 92.4 Å². The molecule has 5 aliphatic rings. The third-order valence-electron chi connectivity index (χ3n) is 12.2. The number of hydrogen-bond acceptors (Lipinski definition) is 10. The highest BCUT2D eigenvalue weighted by Gasteiger charge is 2.62. The largest absolute Gasteiger partial charge is 0.496 e. The molecule has 2 saturated carbocycles. The van der Waals surface area contributed by atoms with Gasteiger partial charge in [0.05, 0.1) is 43.4 Å². The number of amides is 2. The minimum absolute atomic E-state index is 0.0788. The Hall–Kier alpha value is -3.74. The summed E-state index contributed by atoms with van der Waals surface area (Å²) in [7, 11) is -2.16. The molecule has 2 amide bonds. The summed E-state index contributed by atoms with van der Waals surface area (Å²) in [6.07, 6.45) is 10.6. The van der Waals surface area contributed by atoms with Crippen molar-refractivity contribution in [1.82, 2.24) is 14.6 Å². The Morgan fingerprint density at radius 2 is 1.79 bits per heavy atom. The molecule has 12 nitrogen and oxygen atoms in total. The van der Waals surface area contributed by atoms with Gasteiger partial charge in [-0.2, -0.15) is 0 Å². The van der Waals surface area contributed by atoms with Crippen LogP contribution in [0.25, 0.3) is 10.8 Å². The number of esters is 1. The summed E-state index contributed by atoms with van der Waals surface area (Å²) in [5.74, 6) is -1.12. The molecule has 3 aliphatic heterocycles. The van der Waals surface area contributed by atoms with E-state index in [1.807, 2.05) is 25.1 Å². The van der Waals surface area contributed by atoms with Gasteiger partial charge in [0.2, 0.25) is 27.7 Å². The molecule has 2 aliphatic carbocycles. The maximum absolute atomic E-state index is 14.6. The van der Waals surface area contributed by atoms with E-state index < -0.39 is 50.6 Å². The van der Waals surface area contributed by atoms with Crippen LogP contribution in [0, 0.1) is 23.2 Å². The molecule has 7 rings (SSSR count). The first kappa shape index (κ1) is 37.6. The Morgan fingerprint density at radius 1 is 1.02 bits per heavy atom. The molecule has 1 aromatic heterocycles. The molecule has 0 spiro atoms. The number of nitrogens with one attached hydrogen (secondary N) is 1. The van der Waals surface area contributed by atoms with Crippen LogP contribution in [0.2, 0.25) is 0 Å². The fraction of sp³-hybridized carbons (Fsp3) is 0.675. The van der Waals surface area contributed by atoms with Gasteiger partial charge in [0.25, 0.3) is 0 Å². The summed E-state index contributed by atoms with van der Waals surface area (Å²) in [6.45, 7) is 2.41. The van der Waals surface area contributed by atoms with Crippen molar-refractivity contribution < 1.29 is 41.8 Å². The number of benzene rings is 1. The SMILES string of the molecule is COc1cc2ccnc3c2cc1CCC[C@H](C)COC(=O)C[C@H]1CCCCCCC[C@@H]2C[C@@]2(C(=O)NS(=O)(=O)C2CC2)CC(=O)[C@@H]2C[C@H](CN2C1=O)O3. The van der Waals surface area contributed by atoms with Crippen molar-refractivity contribution in [3.63, 3.8) is 0 Å². The minimum atomic E-state index is -3.81. The summed E-state index contributed by atoms with van der Waals surface area (Å²) < 4.78 is 46.2. The van der Waals surface area contributed by atoms with Crippen LogP contribution in [0.4, 0.5) is 0 Å². The molecule has 1 aromatic carbocycles. The number of fused-ring (bicyclic) bond motifs is 4. The molecule has 53 heavy (non-hydrogen) atoms. The third-order valence-corrected chi connectivity index (χ3v) is 14.1. The number of pyridine rings is 1. The van der Waals surface area contributed by atoms with Gasteiger partial charge < -0.3 is 19.1 Å². The topological polar surface area (TPSA) is 158 Å². The Morgan fingerprint density at radius 3 is 2.57 bits per heavy atom. The van der Waals surface area contributed by atoms with Gasteiger partial charge in [-0.15, -0.1) is 0 Å². The Labute approximate surface area is 312 Å². The standard InChI is InChI=1S/C40H53N3O9S/c1-25-9-8-11-27-17-32-26(18-35(27)50-2)15-16-41-37(32)52-30-20-33-34(44)22-40(39(47)42-53(48,49)31-13-14-31)21-29(40)12-7-5-3-4-6-10-28(19-36(45)51-24-25)38(46)43(33)23-30/h15-18,25,28-31,33H,3-14,19-24H2,1-2H3,(H,42,47)/t25-,28+,29+,30+,33-,40+/m0/s1. The van der Waals surface area contributed by atoms with Gasteiger partial charge >= 0.3 is 5.97 Å². The monoisotopic (exact) mass is 751 g/mol. The minimum Gasteiger partial charge on any atom is -0.496 e. The second kappa shape index (κ2) is 15.5. The first-order valence-corrected chi connectivity index (χ1v) is 21.2. The van der Waals surface area contributed by atoms with Gasteiger partial charge in [-0.1, -0.05) is 39.0 Å². The number of ketones is 1. The lowest BCUT2D eigenvalue weighted by atomic mass is 9.90. The molecule has 13 heteroatoms. The van der Waals surface area contributed by atoms with Crippen LogP contribution < -0.4 is 14.2 Å². The summed E-state index contributed by atoms with van der Waals surface area (Å²) in [4.78, 5) is 62.3. The number of Topliss-reactive ketones (excluding diaryl/α,β-unsaturated/α-hetero) is 1. The molecule has 4 heterocycles. The summed E-state index contributed by atoms with van der Waals surface area (Å²) in [5, 5.41) is 1.13. The van der Waals surface area contributed by atoms with Crippen molar-refractivity contribution in [3.8, 4) is 11.6 Å². The maximum Gasteiger partial charge on any atom is 0.306 e. The van der Waals surface area contributed by atoms with E-state index in [4.69, 9.17) is 14.2 Å². The first-order valence-electron chi connectivity index (χ1n) is 19.6. The van der Waals surface area contributed by atoms with Crippen LogP contribution in [0.5, 0.6) is 11.6 Å². The normalized spacial score (nSPS) is 30.6. The molecular weight excluding hydrogens is 699 g/mol.